The third-order valence-electron chi connectivity index (χ3n) is 11.1. The van der Waals surface area contributed by atoms with Crippen molar-refractivity contribution in [3.8, 4) is 0 Å². The largest absolute Gasteiger partial charge is 0.399 e. The fourth-order valence-corrected chi connectivity index (χ4v) is 7.30. The lowest BCUT2D eigenvalue weighted by molar-refractivity contribution is -0.121. The van der Waals surface area contributed by atoms with Crippen LogP contribution in [0.25, 0.3) is 43.6 Å². The van der Waals surface area contributed by atoms with E-state index in [1.807, 2.05) is 90.6 Å². The number of hydrogen-bond donors (Lipinski definition) is 5. The zero-order valence-corrected chi connectivity index (χ0v) is 38.2. The highest BCUT2D eigenvalue weighted by Crippen LogP contribution is 2.25. The minimum absolute atomic E-state index is 0.0190. The van der Waals surface area contributed by atoms with Crippen LogP contribution in [0.2, 0.25) is 0 Å². The SMILES string of the molecule is CC(=O)C1CCC(N)CC1.CC(=O)c1ccc2cc(N)ccc2c1.CC(=O)c1ccc2nc(N)ccc2c1.CC(=O)c1ccc2nc(N)cnc2c1.CC(=O)c1cn(C)c2ccc(N)cc12. The van der Waals surface area contributed by atoms with E-state index in [1.165, 1.54) is 13.1 Å². The van der Waals surface area contributed by atoms with Gasteiger partial charge < -0.3 is 33.2 Å². The first-order valence-electron chi connectivity index (χ1n) is 21.4. The van der Waals surface area contributed by atoms with E-state index < -0.39 is 0 Å². The van der Waals surface area contributed by atoms with E-state index in [0.29, 0.717) is 57.2 Å². The molecule has 0 bridgehead atoms. The summed E-state index contributed by atoms with van der Waals surface area (Å²) in [5, 5.41) is 3.98. The molecule has 14 nitrogen and oxygen atoms in total. The third-order valence-corrected chi connectivity index (χ3v) is 11.1. The zero-order valence-electron chi connectivity index (χ0n) is 38.2. The number of nitrogen functional groups attached to an aromatic ring is 4. The summed E-state index contributed by atoms with van der Waals surface area (Å²) >= 11 is 0. The van der Waals surface area contributed by atoms with Crippen LogP contribution in [0.1, 0.15) is 102 Å². The second kappa shape index (κ2) is 22.2. The number of nitrogens with two attached hydrogens (primary N) is 5. The van der Waals surface area contributed by atoms with E-state index >= 15 is 0 Å². The lowest BCUT2D eigenvalue weighted by Crippen LogP contribution is -2.28. The van der Waals surface area contributed by atoms with Gasteiger partial charge in [0.05, 0.1) is 22.7 Å². The molecule has 1 fully saturated rings. The Balaban J connectivity index is 0.000000155. The Labute approximate surface area is 383 Å². The van der Waals surface area contributed by atoms with Gasteiger partial charge in [-0.2, -0.15) is 0 Å². The van der Waals surface area contributed by atoms with Crippen LogP contribution in [-0.4, -0.2) is 54.5 Å². The fourth-order valence-electron chi connectivity index (χ4n) is 7.30. The number of rotatable bonds is 5. The number of aromatic nitrogens is 4. The standard InChI is InChI=1S/C12H11NO.C11H12N2O.C11H10N2O.C10H9N3O.C8H15NO/c1-8(14)9-2-3-11-7-12(13)5-4-10(11)6-9;1-7(14)10-6-13(2)11-4-3-8(12)5-9(10)11;1-7(14)8-2-4-10-9(6-8)3-5-11(12)13-10;1-6(14)7-2-3-8-9(4-7)12-5-10(11)13-8;1-6(10)7-2-4-8(9)5-3-7/h2-7H,13H2,1H3;3-6H,12H2,1-2H3;2-6H,1H3,(H2,12,13);2-5H,1H3,(H2,11,13);7-8H,2-5,9H2,1H3. The number of pyridine rings is 1. The van der Waals surface area contributed by atoms with E-state index in [0.717, 1.165) is 75.1 Å². The van der Waals surface area contributed by atoms with Gasteiger partial charge in [0, 0.05) is 75.1 Å². The van der Waals surface area contributed by atoms with Crippen molar-refractivity contribution < 1.29 is 24.0 Å². The van der Waals surface area contributed by atoms with Gasteiger partial charge in [-0.25, -0.2) is 9.97 Å². The maximum atomic E-state index is 11.3. The van der Waals surface area contributed by atoms with Crippen molar-refractivity contribution in [3.63, 3.8) is 0 Å². The minimum Gasteiger partial charge on any atom is -0.399 e. The van der Waals surface area contributed by atoms with Crippen molar-refractivity contribution in [2.75, 3.05) is 22.9 Å². The number of benzene rings is 5. The van der Waals surface area contributed by atoms with Gasteiger partial charge in [0.1, 0.15) is 17.4 Å². The van der Waals surface area contributed by atoms with E-state index in [2.05, 4.69) is 15.0 Å². The quantitative estimate of drug-likeness (QED) is 0.0799. The van der Waals surface area contributed by atoms with Gasteiger partial charge in [0.2, 0.25) is 0 Å². The number of fused-ring (bicyclic) bond motifs is 4. The van der Waals surface area contributed by atoms with Crippen LogP contribution in [0, 0.1) is 5.92 Å². The Bertz CT molecular complexity index is 2850. The fraction of sp³-hybridized carbons (Fsp3) is 0.231. The summed E-state index contributed by atoms with van der Waals surface area (Å²) in [6.45, 7) is 7.88. The maximum Gasteiger partial charge on any atom is 0.161 e. The van der Waals surface area contributed by atoms with Crippen molar-refractivity contribution in [2.45, 2.75) is 66.3 Å². The molecule has 9 rings (SSSR count). The Morgan fingerprint density at radius 1 is 0.530 bits per heavy atom. The predicted octanol–water partition coefficient (Wildman–Crippen LogP) is 9.11. The van der Waals surface area contributed by atoms with Crippen LogP contribution in [0.4, 0.5) is 23.0 Å². The summed E-state index contributed by atoms with van der Waals surface area (Å²) in [6.07, 6.45) is 7.40. The maximum absolute atomic E-state index is 11.3. The summed E-state index contributed by atoms with van der Waals surface area (Å²) in [4.78, 5) is 67.8. The van der Waals surface area contributed by atoms with E-state index in [4.69, 9.17) is 28.7 Å². The molecule has 0 saturated heterocycles. The number of hydrogen-bond acceptors (Lipinski definition) is 13. The summed E-state index contributed by atoms with van der Waals surface area (Å²) in [5.41, 5.74) is 35.5. The molecule has 14 heteroatoms. The van der Waals surface area contributed by atoms with Crippen molar-refractivity contribution in [1.82, 2.24) is 19.5 Å². The highest BCUT2D eigenvalue weighted by atomic mass is 16.1. The smallest absolute Gasteiger partial charge is 0.161 e. The van der Waals surface area contributed by atoms with Crippen LogP contribution < -0.4 is 28.7 Å². The first-order valence-corrected chi connectivity index (χ1v) is 21.4. The topological polar surface area (TPSA) is 259 Å². The van der Waals surface area contributed by atoms with Gasteiger partial charge in [-0.15, -0.1) is 0 Å². The molecule has 0 aliphatic heterocycles. The van der Waals surface area contributed by atoms with E-state index in [-0.39, 0.29) is 23.1 Å². The molecular formula is C52H57N9O5. The molecule has 0 spiro atoms. The monoisotopic (exact) mass is 887 g/mol. The molecule has 5 aromatic carbocycles. The van der Waals surface area contributed by atoms with Crippen LogP contribution in [0.3, 0.4) is 0 Å². The minimum atomic E-state index is 0.0190. The lowest BCUT2D eigenvalue weighted by Gasteiger charge is -2.23. The van der Waals surface area contributed by atoms with E-state index in [9.17, 15) is 24.0 Å². The highest BCUT2D eigenvalue weighted by molar-refractivity contribution is 6.07. The summed E-state index contributed by atoms with van der Waals surface area (Å²) in [5.74, 6) is 1.77. The van der Waals surface area contributed by atoms with Crippen LogP contribution in [0.15, 0.2) is 116 Å². The molecule has 1 saturated carbocycles. The Kier molecular flexibility index (Phi) is 16.5. The zero-order chi connectivity index (χ0) is 48.2. The van der Waals surface area contributed by atoms with Crippen molar-refractivity contribution in [3.05, 3.63) is 138 Å². The number of Topliss-reactive ketones (excluding diaryl/α,β-unsaturated/α-hetero) is 5. The number of aryl methyl sites for hydroxylation is 1. The Morgan fingerprint density at radius 3 is 1.67 bits per heavy atom. The molecule has 10 N–H and O–H groups in total. The Morgan fingerprint density at radius 2 is 1.05 bits per heavy atom. The molecule has 1 aliphatic carbocycles. The summed E-state index contributed by atoms with van der Waals surface area (Å²) in [7, 11) is 1.92. The molecule has 0 unspecified atom stereocenters. The van der Waals surface area contributed by atoms with Gasteiger partial charge in [0.25, 0.3) is 0 Å². The molecule has 0 amide bonds. The molecule has 1 aliphatic rings. The highest BCUT2D eigenvalue weighted by Gasteiger charge is 2.21. The number of nitrogens with zero attached hydrogens (tertiary/aromatic N) is 4. The summed E-state index contributed by atoms with van der Waals surface area (Å²) in [6, 6.07) is 31.4. The number of ketones is 5. The number of carbonyl (C=O) groups excluding carboxylic acids is 5. The molecule has 8 aromatic rings. The summed E-state index contributed by atoms with van der Waals surface area (Å²) < 4.78 is 1.94. The van der Waals surface area contributed by atoms with Gasteiger partial charge in [-0.1, -0.05) is 18.2 Å². The average molecular weight is 888 g/mol. The molecule has 340 valence electrons. The van der Waals surface area contributed by atoms with Gasteiger partial charge in [-0.3, -0.25) is 29.0 Å². The average Bonchev–Trinajstić information content (AvgIpc) is 3.61. The van der Waals surface area contributed by atoms with Crippen molar-refractivity contribution >= 4 is 95.5 Å². The molecule has 0 radical (unpaired) electrons. The van der Waals surface area contributed by atoms with Gasteiger partial charge in [0.15, 0.2) is 23.1 Å². The molecule has 3 aromatic heterocycles. The second-order valence-corrected chi connectivity index (χ2v) is 16.3. The van der Waals surface area contributed by atoms with Gasteiger partial charge in [-0.05, 0) is 156 Å². The normalized spacial score (nSPS) is 14.0. The molecule has 0 atom stereocenters. The van der Waals surface area contributed by atoms with Gasteiger partial charge >= 0.3 is 0 Å². The van der Waals surface area contributed by atoms with Crippen LogP contribution in [0.5, 0.6) is 0 Å². The van der Waals surface area contributed by atoms with Crippen LogP contribution in [-0.2, 0) is 11.8 Å². The first-order chi connectivity index (χ1) is 31.3. The van der Waals surface area contributed by atoms with Crippen LogP contribution >= 0.6 is 0 Å². The first kappa shape index (κ1) is 49.2. The van der Waals surface area contributed by atoms with Crippen molar-refractivity contribution in [2.24, 2.45) is 18.7 Å². The Hall–Kier alpha value is -7.84. The molecule has 3 heterocycles. The lowest BCUT2D eigenvalue weighted by atomic mass is 9.84. The predicted molar refractivity (Wildman–Crippen MR) is 266 cm³/mol. The number of anilines is 4. The molecule has 66 heavy (non-hydrogen) atoms. The second-order valence-electron chi connectivity index (χ2n) is 16.3. The van der Waals surface area contributed by atoms with E-state index in [1.54, 1.807) is 58.0 Å². The third kappa shape index (κ3) is 13.3. The molecular weight excluding hydrogens is 831 g/mol. The number of carbonyl (C=O) groups is 5. The van der Waals surface area contributed by atoms with Crippen molar-refractivity contribution in [1.29, 1.82) is 0 Å².